The number of nitrogens with zero attached hydrogens (tertiary/aromatic N) is 1. The highest BCUT2D eigenvalue weighted by atomic mass is 32.1. The topological polar surface area (TPSA) is 35.8 Å². The number of halogens is 1. The van der Waals surface area contributed by atoms with Gasteiger partial charge in [-0.3, -0.25) is 0 Å². The van der Waals surface area contributed by atoms with Crippen LogP contribution in [0.25, 0.3) is 0 Å². The molecule has 0 bridgehead atoms. The fourth-order valence-corrected chi connectivity index (χ4v) is 2.31. The molecule has 0 aliphatic carbocycles. The minimum atomic E-state index is -0.485. The molecular weight excluding hydrogens is 235 g/mol. The van der Waals surface area contributed by atoms with Crippen LogP contribution in [-0.2, 0) is 0 Å². The molecule has 2 rings (SSSR count). The Morgan fingerprint density at radius 1 is 1.41 bits per heavy atom. The van der Waals surface area contributed by atoms with Crippen LogP contribution in [0.5, 0.6) is 0 Å². The maximum absolute atomic E-state index is 13.1. The van der Waals surface area contributed by atoms with E-state index in [0.717, 1.165) is 5.69 Å². The summed E-state index contributed by atoms with van der Waals surface area (Å²) in [5.41, 5.74) is 1.99. The standard InChI is InChI=1S/C13H11FN2S/c1-9(10-4-5-17-8-10)16-12-2-3-13(14)11(6-12)7-15/h2-6,8-9,16H,1H3. The largest absolute Gasteiger partial charge is 0.378 e. The molecule has 1 heterocycles. The van der Waals surface area contributed by atoms with Gasteiger partial charge in [0.2, 0.25) is 0 Å². The van der Waals surface area contributed by atoms with Gasteiger partial charge < -0.3 is 5.32 Å². The van der Waals surface area contributed by atoms with Gasteiger partial charge in [-0.15, -0.1) is 0 Å². The summed E-state index contributed by atoms with van der Waals surface area (Å²) >= 11 is 1.64. The average Bonchev–Trinajstić information content (AvgIpc) is 2.85. The van der Waals surface area contributed by atoms with Crippen LogP contribution in [0, 0.1) is 17.1 Å². The quantitative estimate of drug-likeness (QED) is 0.890. The number of benzene rings is 1. The zero-order chi connectivity index (χ0) is 12.3. The molecular formula is C13H11FN2S. The summed E-state index contributed by atoms with van der Waals surface area (Å²) in [5.74, 6) is -0.485. The molecule has 0 fully saturated rings. The number of nitrogens with one attached hydrogen (secondary N) is 1. The molecule has 1 aromatic carbocycles. The molecule has 0 radical (unpaired) electrons. The van der Waals surface area contributed by atoms with Gasteiger partial charge in [0.05, 0.1) is 5.56 Å². The van der Waals surface area contributed by atoms with Gasteiger partial charge in [0.15, 0.2) is 0 Å². The van der Waals surface area contributed by atoms with Crippen molar-refractivity contribution in [2.45, 2.75) is 13.0 Å². The second-order valence-electron chi connectivity index (χ2n) is 3.73. The van der Waals surface area contributed by atoms with Gasteiger partial charge >= 0.3 is 0 Å². The number of rotatable bonds is 3. The molecule has 2 nitrogen and oxygen atoms in total. The van der Waals surface area contributed by atoms with Crippen LogP contribution in [0.15, 0.2) is 35.0 Å². The van der Waals surface area contributed by atoms with E-state index in [2.05, 4.69) is 10.7 Å². The fraction of sp³-hybridized carbons (Fsp3) is 0.154. The van der Waals surface area contributed by atoms with Gasteiger partial charge in [-0.1, -0.05) is 0 Å². The summed E-state index contributed by atoms with van der Waals surface area (Å²) in [7, 11) is 0. The van der Waals surface area contributed by atoms with Gasteiger partial charge in [-0.05, 0) is 47.5 Å². The number of anilines is 1. The first kappa shape index (κ1) is 11.6. The summed E-state index contributed by atoms with van der Waals surface area (Å²) < 4.78 is 13.1. The highest BCUT2D eigenvalue weighted by molar-refractivity contribution is 7.07. The Kier molecular flexibility index (Phi) is 3.40. The summed E-state index contributed by atoms with van der Waals surface area (Å²) in [6.45, 7) is 2.03. The molecule has 1 aromatic heterocycles. The minimum Gasteiger partial charge on any atom is -0.378 e. The Bertz CT molecular complexity index is 543. The molecule has 1 N–H and O–H groups in total. The van der Waals surface area contributed by atoms with Crippen molar-refractivity contribution in [3.8, 4) is 6.07 Å². The van der Waals surface area contributed by atoms with E-state index in [0.29, 0.717) is 0 Å². The van der Waals surface area contributed by atoms with Crippen LogP contribution in [-0.4, -0.2) is 0 Å². The van der Waals surface area contributed by atoms with E-state index in [1.165, 1.54) is 17.7 Å². The van der Waals surface area contributed by atoms with Crippen molar-refractivity contribution in [1.29, 1.82) is 5.26 Å². The molecule has 2 aromatic rings. The zero-order valence-electron chi connectivity index (χ0n) is 9.27. The van der Waals surface area contributed by atoms with Crippen molar-refractivity contribution in [1.82, 2.24) is 0 Å². The van der Waals surface area contributed by atoms with Crippen LogP contribution < -0.4 is 5.32 Å². The van der Waals surface area contributed by atoms with E-state index in [9.17, 15) is 4.39 Å². The molecule has 0 amide bonds. The zero-order valence-corrected chi connectivity index (χ0v) is 10.1. The third-order valence-corrected chi connectivity index (χ3v) is 3.21. The second-order valence-corrected chi connectivity index (χ2v) is 4.51. The molecule has 1 unspecified atom stereocenters. The van der Waals surface area contributed by atoms with Crippen LogP contribution >= 0.6 is 11.3 Å². The van der Waals surface area contributed by atoms with E-state index in [1.54, 1.807) is 17.4 Å². The lowest BCUT2D eigenvalue weighted by molar-refractivity contribution is 0.624. The number of hydrogen-bond donors (Lipinski definition) is 1. The first-order valence-electron chi connectivity index (χ1n) is 5.19. The predicted octanol–water partition coefficient (Wildman–Crippen LogP) is 3.93. The Labute approximate surface area is 103 Å². The van der Waals surface area contributed by atoms with Crippen LogP contribution in [0.4, 0.5) is 10.1 Å². The molecule has 0 saturated heterocycles. The van der Waals surface area contributed by atoms with Crippen molar-refractivity contribution in [2.24, 2.45) is 0 Å². The lowest BCUT2D eigenvalue weighted by Crippen LogP contribution is -2.05. The van der Waals surface area contributed by atoms with Gasteiger partial charge in [-0.25, -0.2) is 4.39 Å². The van der Waals surface area contributed by atoms with Gasteiger partial charge in [0.25, 0.3) is 0 Å². The summed E-state index contributed by atoms with van der Waals surface area (Å²) in [4.78, 5) is 0. The van der Waals surface area contributed by atoms with Crippen molar-refractivity contribution in [2.75, 3.05) is 5.32 Å². The first-order chi connectivity index (χ1) is 8.20. The van der Waals surface area contributed by atoms with E-state index < -0.39 is 5.82 Å². The number of nitriles is 1. The van der Waals surface area contributed by atoms with Crippen LogP contribution in [0.3, 0.4) is 0 Å². The third kappa shape index (κ3) is 2.63. The smallest absolute Gasteiger partial charge is 0.141 e. The molecule has 17 heavy (non-hydrogen) atoms. The predicted molar refractivity (Wildman–Crippen MR) is 67.5 cm³/mol. The van der Waals surface area contributed by atoms with Gasteiger partial charge in [0, 0.05) is 11.7 Å². The van der Waals surface area contributed by atoms with Crippen molar-refractivity contribution in [3.63, 3.8) is 0 Å². The highest BCUT2D eigenvalue weighted by Crippen LogP contribution is 2.22. The molecule has 1 atom stereocenters. The SMILES string of the molecule is CC(Nc1ccc(F)c(C#N)c1)c1ccsc1. The van der Waals surface area contributed by atoms with Crippen molar-refractivity contribution >= 4 is 17.0 Å². The van der Waals surface area contributed by atoms with Gasteiger partial charge in [0.1, 0.15) is 11.9 Å². The van der Waals surface area contributed by atoms with Crippen LogP contribution in [0.1, 0.15) is 24.1 Å². The second kappa shape index (κ2) is 4.98. The van der Waals surface area contributed by atoms with E-state index in [-0.39, 0.29) is 11.6 Å². The fourth-order valence-electron chi connectivity index (χ4n) is 1.56. The van der Waals surface area contributed by atoms with Crippen molar-refractivity contribution in [3.05, 3.63) is 52.0 Å². The van der Waals surface area contributed by atoms with Crippen LogP contribution in [0.2, 0.25) is 0 Å². The summed E-state index contributed by atoms with van der Waals surface area (Å²) in [6, 6.07) is 8.48. The minimum absolute atomic E-state index is 0.0625. The third-order valence-electron chi connectivity index (χ3n) is 2.51. The lowest BCUT2D eigenvalue weighted by atomic mass is 10.1. The van der Waals surface area contributed by atoms with E-state index in [4.69, 9.17) is 5.26 Å². The Hall–Kier alpha value is -1.86. The number of thiophene rings is 1. The Morgan fingerprint density at radius 2 is 2.24 bits per heavy atom. The van der Waals surface area contributed by atoms with Gasteiger partial charge in [-0.2, -0.15) is 16.6 Å². The van der Waals surface area contributed by atoms with E-state index >= 15 is 0 Å². The molecule has 0 aliphatic heterocycles. The highest BCUT2D eigenvalue weighted by Gasteiger charge is 2.07. The van der Waals surface area contributed by atoms with E-state index in [1.807, 2.05) is 24.4 Å². The normalized spacial score (nSPS) is 11.8. The summed E-state index contributed by atoms with van der Waals surface area (Å²) in [5, 5.41) is 16.1. The molecule has 0 aliphatic rings. The Morgan fingerprint density at radius 3 is 2.88 bits per heavy atom. The lowest BCUT2D eigenvalue weighted by Gasteiger charge is -2.14. The number of hydrogen-bond acceptors (Lipinski definition) is 3. The monoisotopic (exact) mass is 246 g/mol. The first-order valence-corrected chi connectivity index (χ1v) is 6.13. The summed E-state index contributed by atoms with van der Waals surface area (Å²) in [6.07, 6.45) is 0. The molecule has 0 spiro atoms. The molecule has 0 saturated carbocycles. The van der Waals surface area contributed by atoms with Crippen molar-refractivity contribution < 1.29 is 4.39 Å². The average molecular weight is 246 g/mol. The Balaban J connectivity index is 2.17. The maximum atomic E-state index is 13.1. The molecule has 86 valence electrons. The maximum Gasteiger partial charge on any atom is 0.141 e. The molecule has 4 heteroatoms.